The number of aromatic amines is 1. The van der Waals surface area contributed by atoms with E-state index in [4.69, 9.17) is 0 Å². The van der Waals surface area contributed by atoms with Gasteiger partial charge in [-0.05, 0) is 18.1 Å². The van der Waals surface area contributed by atoms with Crippen LogP contribution in [-0.4, -0.2) is 20.9 Å². The molecule has 0 aromatic carbocycles. The molecule has 0 aliphatic rings. The van der Waals surface area contributed by atoms with Gasteiger partial charge in [0.05, 0.1) is 0 Å². The summed E-state index contributed by atoms with van der Waals surface area (Å²) in [4.78, 5) is 0. The molecule has 0 aliphatic carbocycles. The molecule has 1 heterocycles. The smallest absolute Gasteiger partial charge is 0.298 e. The normalized spacial score (nSPS) is 13.4. The van der Waals surface area contributed by atoms with Crippen LogP contribution >= 0.6 is 12.2 Å². The molecule has 0 bridgehead atoms. The first-order valence-electron chi connectivity index (χ1n) is 4.67. The summed E-state index contributed by atoms with van der Waals surface area (Å²) in [6.45, 7) is 3.28. The Balaban J connectivity index is 3.28. The van der Waals surface area contributed by atoms with Gasteiger partial charge in [0.2, 0.25) is 5.82 Å². The molecule has 3 nitrogen and oxygen atoms in total. The molecule has 0 spiro atoms. The van der Waals surface area contributed by atoms with Gasteiger partial charge in [-0.25, -0.2) is 0 Å². The van der Waals surface area contributed by atoms with E-state index in [0.717, 1.165) is 0 Å². The van der Waals surface area contributed by atoms with Gasteiger partial charge in [-0.1, -0.05) is 13.8 Å². The van der Waals surface area contributed by atoms with Gasteiger partial charge in [0, 0.05) is 6.54 Å². The van der Waals surface area contributed by atoms with Gasteiger partial charge in [0.1, 0.15) is 0 Å². The van der Waals surface area contributed by atoms with E-state index in [1.54, 1.807) is 13.8 Å². The van der Waals surface area contributed by atoms with Crippen LogP contribution < -0.4 is 0 Å². The van der Waals surface area contributed by atoms with E-state index in [2.05, 4.69) is 17.3 Å². The van der Waals surface area contributed by atoms with E-state index in [1.807, 2.05) is 5.10 Å². The van der Waals surface area contributed by atoms with Crippen LogP contribution in [0.25, 0.3) is 0 Å². The number of halogens is 5. The second kappa shape index (κ2) is 4.35. The summed E-state index contributed by atoms with van der Waals surface area (Å²) in [7, 11) is 0. The molecule has 9 heteroatoms. The fourth-order valence-electron chi connectivity index (χ4n) is 1.22. The molecular weight excluding hydrogens is 265 g/mol. The Labute approximate surface area is 98.6 Å². The van der Waals surface area contributed by atoms with Crippen molar-refractivity contribution in [3.8, 4) is 0 Å². The highest BCUT2D eigenvalue weighted by Gasteiger charge is 2.62. The van der Waals surface area contributed by atoms with Crippen LogP contribution in [0.5, 0.6) is 0 Å². The van der Waals surface area contributed by atoms with Crippen molar-refractivity contribution in [3.05, 3.63) is 10.6 Å². The molecule has 17 heavy (non-hydrogen) atoms. The first-order valence-corrected chi connectivity index (χ1v) is 5.08. The van der Waals surface area contributed by atoms with Crippen LogP contribution in [-0.2, 0) is 12.5 Å². The number of nitrogens with one attached hydrogen (secondary N) is 1. The summed E-state index contributed by atoms with van der Waals surface area (Å²) < 4.78 is 63.2. The maximum atomic E-state index is 13.1. The van der Waals surface area contributed by atoms with Crippen LogP contribution in [0.2, 0.25) is 0 Å². The lowest BCUT2D eigenvalue weighted by molar-refractivity contribution is -0.293. The Morgan fingerprint density at radius 2 is 1.82 bits per heavy atom. The van der Waals surface area contributed by atoms with Gasteiger partial charge in [-0.3, -0.25) is 9.67 Å². The largest absolute Gasteiger partial charge is 0.461 e. The molecule has 0 saturated heterocycles. The van der Waals surface area contributed by atoms with Gasteiger partial charge in [-0.15, -0.1) is 0 Å². The lowest BCUT2D eigenvalue weighted by Gasteiger charge is -2.20. The minimum absolute atomic E-state index is 0.0592. The van der Waals surface area contributed by atoms with Crippen LogP contribution in [0, 0.1) is 10.7 Å². The molecule has 1 aromatic rings. The standard InChI is InChI=1S/C8H10F5N3S/c1-4(2)3-16-5(14-15-6(16)17)7(9,10)8(11,12)13/h4H,3H2,1-2H3,(H,15,17). The van der Waals surface area contributed by atoms with Gasteiger partial charge in [0.25, 0.3) is 0 Å². The van der Waals surface area contributed by atoms with Crippen molar-refractivity contribution in [2.24, 2.45) is 5.92 Å². The van der Waals surface area contributed by atoms with Crippen LogP contribution in [0.4, 0.5) is 22.0 Å². The summed E-state index contributed by atoms with van der Waals surface area (Å²) in [6.07, 6.45) is -5.69. The number of alkyl halides is 5. The van der Waals surface area contributed by atoms with E-state index in [0.29, 0.717) is 4.57 Å². The number of rotatable bonds is 3. The minimum atomic E-state index is -5.69. The lowest BCUT2D eigenvalue weighted by Crippen LogP contribution is -2.36. The number of nitrogens with zero attached hydrogens (tertiary/aromatic N) is 2. The van der Waals surface area contributed by atoms with Gasteiger partial charge < -0.3 is 0 Å². The highest BCUT2D eigenvalue weighted by Crippen LogP contribution is 2.42. The predicted molar refractivity (Wildman–Crippen MR) is 52.2 cm³/mol. The fourth-order valence-corrected chi connectivity index (χ4v) is 1.43. The molecule has 0 unspecified atom stereocenters. The molecule has 0 atom stereocenters. The molecule has 0 fully saturated rings. The van der Waals surface area contributed by atoms with Gasteiger partial charge in [0.15, 0.2) is 4.77 Å². The molecule has 0 radical (unpaired) electrons. The van der Waals surface area contributed by atoms with Crippen molar-refractivity contribution in [3.63, 3.8) is 0 Å². The summed E-state index contributed by atoms with van der Waals surface area (Å²) >= 11 is 4.63. The number of H-pyrrole nitrogens is 1. The minimum Gasteiger partial charge on any atom is -0.298 e. The van der Waals surface area contributed by atoms with E-state index in [1.165, 1.54) is 0 Å². The SMILES string of the molecule is CC(C)Cn1c(C(F)(F)C(F)(F)F)n[nH]c1=S. The maximum Gasteiger partial charge on any atom is 0.461 e. The third-order valence-electron chi connectivity index (χ3n) is 1.94. The molecule has 0 aliphatic heterocycles. The third-order valence-corrected chi connectivity index (χ3v) is 2.25. The quantitative estimate of drug-likeness (QED) is 0.678. The molecule has 98 valence electrons. The molecular formula is C8H10F5N3S. The monoisotopic (exact) mass is 275 g/mol. The Bertz CT molecular complexity index is 445. The lowest BCUT2D eigenvalue weighted by atomic mass is 10.2. The van der Waals surface area contributed by atoms with Crippen molar-refractivity contribution in [1.82, 2.24) is 14.8 Å². The molecule has 1 rings (SSSR count). The highest BCUT2D eigenvalue weighted by molar-refractivity contribution is 7.71. The van der Waals surface area contributed by atoms with Crippen molar-refractivity contribution in [2.45, 2.75) is 32.5 Å². The Kier molecular flexibility index (Phi) is 3.60. The second-order valence-electron chi connectivity index (χ2n) is 3.93. The molecule has 1 N–H and O–H groups in total. The van der Waals surface area contributed by atoms with Gasteiger partial charge in [-0.2, -0.15) is 27.1 Å². The van der Waals surface area contributed by atoms with Gasteiger partial charge >= 0.3 is 12.1 Å². The number of aromatic nitrogens is 3. The Morgan fingerprint density at radius 3 is 2.24 bits per heavy atom. The van der Waals surface area contributed by atoms with Crippen molar-refractivity contribution in [1.29, 1.82) is 0 Å². The topological polar surface area (TPSA) is 33.6 Å². The predicted octanol–water partition coefficient (Wildman–Crippen LogP) is 3.25. The Morgan fingerprint density at radius 1 is 1.29 bits per heavy atom. The second-order valence-corrected chi connectivity index (χ2v) is 4.32. The first-order chi connectivity index (χ1) is 7.57. The molecule has 0 saturated carbocycles. The van der Waals surface area contributed by atoms with Crippen molar-refractivity contribution < 1.29 is 22.0 Å². The summed E-state index contributed by atoms with van der Waals surface area (Å²) in [5, 5.41) is 4.94. The van der Waals surface area contributed by atoms with Crippen LogP contribution in [0.15, 0.2) is 0 Å². The average molecular weight is 275 g/mol. The van der Waals surface area contributed by atoms with Crippen LogP contribution in [0.1, 0.15) is 19.7 Å². The summed E-state index contributed by atoms with van der Waals surface area (Å²) in [5.41, 5.74) is 0. The zero-order valence-electron chi connectivity index (χ0n) is 8.98. The highest BCUT2D eigenvalue weighted by atomic mass is 32.1. The van der Waals surface area contributed by atoms with E-state index >= 15 is 0 Å². The van der Waals surface area contributed by atoms with Crippen molar-refractivity contribution in [2.75, 3.05) is 0 Å². The van der Waals surface area contributed by atoms with E-state index < -0.39 is 17.9 Å². The zero-order chi connectivity index (χ0) is 13.4. The summed E-state index contributed by atoms with van der Waals surface area (Å²) in [6, 6.07) is 0. The Hall–Kier alpha value is -0.990. The van der Waals surface area contributed by atoms with Crippen LogP contribution in [0.3, 0.4) is 0 Å². The zero-order valence-corrected chi connectivity index (χ0v) is 9.79. The maximum absolute atomic E-state index is 13.1. The van der Waals surface area contributed by atoms with E-state index in [9.17, 15) is 22.0 Å². The van der Waals surface area contributed by atoms with E-state index in [-0.39, 0.29) is 17.2 Å². The molecule has 0 amide bonds. The first kappa shape index (κ1) is 14.1. The number of hydrogen-bond acceptors (Lipinski definition) is 2. The number of hydrogen-bond donors (Lipinski definition) is 1. The fraction of sp³-hybridized carbons (Fsp3) is 0.750. The average Bonchev–Trinajstić information content (AvgIpc) is 2.45. The van der Waals surface area contributed by atoms with Crippen molar-refractivity contribution >= 4 is 12.2 Å². The summed E-state index contributed by atoms with van der Waals surface area (Å²) in [5.74, 6) is -6.55. The molecule has 1 aromatic heterocycles. The third kappa shape index (κ3) is 2.64.